The van der Waals surface area contributed by atoms with Crippen molar-refractivity contribution in [1.82, 2.24) is 14.9 Å². The van der Waals surface area contributed by atoms with E-state index in [2.05, 4.69) is 20.9 Å². The quantitative estimate of drug-likeness (QED) is 0.654. The lowest BCUT2D eigenvalue weighted by Crippen LogP contribution is -2.49. The second-order valence-corrected chi connectivity index (χ2v) is 7.66. The molecule has 0 spiro atoms. The molecule has 3 rings (SSSR count). The largest absolute Gasteiger partial charge is 0.376 e. The van der Waals surface area contributed by atoms with E-state index in [1.165, 1.54) is 6.20 Å². The molecule has 1 aromatic rings. The van der Waals surface area contributed by atoms with Crippen LogP contribution in [-0.2, 0) is 14.8 Å². The summed E-state index contributed by atoms with van der Waals surface area (Å²) >= 11 is 0. The number of nitriles is 1. The van der Waals surface area contributed by atoms with E-state index < -0.39 is 39.2 Å². The highest BCUT2D eigenvalue weighted by Crippen LogP contribution is 2.30. The summed E-state index contributed by atoms with van der Waals surface area (Å²) in [5, 5.41) is 16.4. The van der Waals surface area contributed by atoms with Gasteiger partial charge in [0, 0.05) is 9.05 Å². The number of aliphatic imine (C=N–C) groups is 1. The first-order chi connectivity index (χ1) is 14.2. The Labute approximate surface area is 176 Å². The van der Waals surface area contributed by atoms with Crippen molar-refractivity contribution in [3.63, 3.8) is 0 Å². The Kier molecular flexibility index (Phi) is 7.12. The molecule has 3 N–H and O–H groups in total. The molecule has 1 aromatic carbocycles. The van der Waals surface area contributed by atoms with Gasteiger partial charge in [0.25, 0.3) is 10.0 Å². The van der Waals surface area contributed by atoms with Gasteiger partial charge < -0.3 is 16.0 Å². The van der Waals surface area contributed by atoms with Gasteiger partial charge in [-0.05, 0) is 25.1 Å². The highest BCUT2D eigenvalue weighted by molar-refractivity contribution is 7.90. The Balaban J connectivity index is 0.00000234. The summed E-state index contributed by atoms with van der Waals surface area (Å²) in [6.45, 7) is 4.80. The van der Waals surface area contributed by atoms with Crippen LogP contribution in [0.2, 0.25) is 0 Å². The molecule has 1 radical (unpaired) electrons. The highest BCUT2D eigenvalue weighted by atomic mass is 32.2. The molecule has 0 saturated heterocycles. The van der Waals surface area contributed by atoms with Crippen LogP contribution in [0.1, 0.15) is 23.6 Å². The molecule has 0 saturated carbocycles. The first kappa shape index (κ1) is 22.8. The van der Waals surface area contributed by atoms with Crippen LogP contribution in [0.25, 0.3) is 0 Å². The average Bonchev–Trinajstić information content (AvgIpc) is 2.73. The first-order valence-corrected chi connectivity index (χ1v) is 10.3. The van der Waals surface area contributed by atoms with Gasteiger partial charge in [-0.2, -0.15) is 5.26 Å². The fraction of sp³-hybridized carbons (Fsp3) is 0.278. The zero-order valence-corrected chi connectivity index (χ0v) is 17.3. The van der Waals surface area contributed by atoms with Crippen molar-refractivity contribution in [2.75, 3.05) is 18.4 Å². The van der Waals surface area contributed by atoms with Crippen LogP contribution in [0.4, 0.5) is 14.9 Å². The van der Waals surface area contributed by atoms with Gasteiger partial charge in [0.15, 0.2) is 5.70 Å². The van der Waals surface area contributed by atoms with E-state index in [1.807, 2.05) is 19.9 Å². The lowest BCUT2D eigenvalue weighted by molar-refractivity contribution is -0.120. The number of benzene rings is 1. The molecule has 0 unspecified atom stereocenters. The van der Waals surface area contributed by atoms with E-state index in [0.29, 0.717) is 16.1 Å². The lowest BCUT2D eigenvalue weighted by Gasteiger charge is -2.28. The number of halogens is 1. The van der Waals surface area contributed by atoms with Crippen LogP contribution in [0.3, 0.4) is 0 Å². The molecule has 10 nitrogen and oxygen atoms in total. The molecule has 0 aromatic heterocycles. The summed E-state index contributed by atoms with van der Waals surface area (Å²) in [7, 11) is -4.40. The van der Waals surface area contributed by atoms with Crippen molar-refractivity contribution in [3.05, 3.63) is 42.0 Å². The van der Waals surface area contributed by atoms with Crippen molar-refractivity contribution < 1.29 is 25.3 Å². The van der Waals surface area contributed by atoms with Gasteiger partial charge in [0.1, 0.15) is 29.4 Å². The molecule has 3 amide bonds. The van der Waals surface area contributed by atoms with Gasteiger partial charge in [0.05, 0.1) is 17.9 Å². The minimum Gasteiger partial charge on any atom is -0.376 e. The maximum absolute atomic E-state index is 13.4. The Hall–Kier alpha value is -3.46. The summed E-state index contributed by atoms with van der Waals surface area (Å²) < 4.78 is 38.9. The maximum atomic E-state index is 13.4. The van der Waals surface area contributed by atoms with Crippen LogP contribution in [0, 0.1) is 23.2 Å². The minimum absolute atomic E-state index is 0. The van der Waals surface area contributed by atoms with Gasteiger partial charge in [-0.1, -0.05) is 13.8 Å². The number of fused-ring (bicyclic) bond motifs is 1. The molecule has 0 bridgehead atoms. The second kappa shape index (κ2) is 9.36. The Morgan fingerprint density at radius 2 is 2.10 bits per heavy atom. The molecule has 0 fully saturated rings. The topological polar surface area (TPSA) is 144 Å². The smallest absolute Gasteiger partial charge is 0.336 e. The van der Waals surface area contributed by atoms with Crippen LogP contribution in [0.5, 0.6) is 0 Å². The van der Waals surface area contributed by atoms with Crippen molar-refractivity contribution in [2.45, 2.75) is 25.7 Å². The maximum Gasteiger partial charge on any atom is 0.336 e. The van der Waals surface area contributed by atoms with Gasteiger partial charge in [0.2, 0.25) is 5.91 Å². The highest BCUT2D eigenvalue weighted by Gasteiger charge is 2.38. The molecule has 12 heteroatoms. The van der Waals surface area contributed by atoms with Crippen LogP contribution >= 0.6 is 0 Å². The fourth-order valence-electron chi connectivity index (χ4n) is 2.49. The van der Waals surface area contributed by atoms with E-state index in [-0.39, 0.29) is 20.8 Å². The summed E-state index contributed by atoms with van der Waals surface area (Å²) in [6.07, 6.45) is 1.40. The van der Waals surface area contributed by atoms with Gasteiger partial charge in [-0.25, -0.2) is 26.9 Å². The fourth-order valence-corrected chi connectivity index (χ4v) is 3.94. The number of urea groups is 1. The molecule has 2 heterocycles. The predicted molar refractivity (Wildman–Crippen MR) is 111 cm³/mol. The number of hydrogen-bond donors (Lipinski definition) is 3. The zero-order valence-electron chi connectivity index (χ0n) is 16.5. The molecule has 0 atom stereocenters. The number of hydrogen-bond acceptors (Lipinski definition) is 7. The van der Waals surface area contributed by atoms with Crippen LogP contribution in [0.15, 0.2) is 40.0 Å². The minimum atomic E-state index is -4.40. The Bertz CT molecular complexity index is 1070. The number of amides is 3. The molecule has 2 aliphatic rings. The van der Waals surface area contributed by atoms with Crippen molar-refractivity contribution in [2.24, 2.45) is 4.99 Å². The van der Waals surface area contributed by atoms with E-state index in [4.69, 9.17) is 5.26 Å². The molecule has 30 heavy (non-hydrogen) atoms. The standard InChI is InChI=1S/C16H14FN6O4S.C2H6.2H2/c1-9-13(21-11(5-18)6-19-9)7-20-15(24)8-23-16(25)22-12-3-2-10(17)4-14(12)28(23,26)27;1-2;;/h2-4,6,19H,7-8H2,1H3,(H,20,24)(H,22,25);1-2H3;2*1H. The lowest BCUT2D eigenvalue weighted by atomic mass is 10.1. The normalized spacial score (nSPS) is 17.0. The monoisotopic (exact) mass is 439 g/mol. The number of carbonyl (C=O) groups excluding carboxylic acids is 2. The summed E-state index contributed by atoms with van der Waals surface area (Å²) in [5.41, 5.74) is 0.434. The number of nitrogens with zero attached hydrogens (tertiary/aromatic N) is 3. The molecular weight excluding hydrogens is 415 g/mol. The third-order valence-corrected chi connectivity index (χ3v) is 5.72. The molecule has 0 aliphatic carbocycles. The van der Waals surface area contributed by atoms with Crippen molar-refractivity contribution >= 4 is 33.4 Å². The number of sulfonamides is 1. The zero-order chi connectivity index (χ0) is 22.5. The van der Waals surface area contributed by atoms with Crippen molar-refractivity contribution in [1.29, 1.82) is 5.26 Å². The molecular formula is C18H24FN6O4S. The summed E-state index contributed by atoms with van der Waals surface area (Å²) in [5.74, 6) is -1.57. The van der Waals surface area contributed by atoms with E-state index in [0.717, 1.165) is 18.2 Å². The predicted octanol–water partition coefficient (Wildman–Crippen LogP) is 1.96. The van der Waals surface area contributed by atoms with Crippen molar-refractivity contribution in [3.8, 4) is 6.07 Å². The third-order valence-electron chi connectivity index (χ3n) is 3.95. The Morgan fingerprint density at radius 1 is 1.40 bits per heavy atom. The van der Waals surface area contributed by atoms with Gasteiger partial charge in [-0.15, -0.1) is 0 Å². The SMILES string of the molecule is CC.C[C]1NC=C(C#N)N=C1CNC(=O)CN1C(=O)Nc2ccc(F)cc2S1(=O)=O.[HH].[HH]. The van der Waals surface area contributed by atoms with E-state index in [9.17, 15) is 22.4 Å². The van der Waals surface area contributed by atoms with Gasteiger partial charge in [-0.3, -0.25) is 4.79 Å². The van der Waals surface area contributed by atoms with E-state index >= 15 is 0 Å². The summed E-state index contributed by atoms with van der Waals surface area (Å²) in [6, 6.07) is 4.34. The second-order valence-electron chi connectivity index (χ2n) is 5.83. The number of rotatable bonds is 4. The number of nitrogens with one attached hydrogen (secondary N) is 3. The summed E-state index contributed by atoms with van der Waals surface area (Å²) in [4.78, 5) is 27.9. The van der Waals surface area contributed by atoms with Crippen LogP contribution in [-0.4, -0.2) is 43.5 Å². The third kappa shape index (κ3) is 4.74. The Morgan fingerprint density at radius 3 is 2.77 bits per heavy atom. The number of allylic oxidation sites excluding steroid dienone is 1. The van der Waals surface area contributed by atoms with Gasteiger partial charge >= 0.3 is 6.03 Å². The number of carbonyl (C=O) groups is 2. The van der Waals surface area contributed by atoms with Crippen LogP contribution < -0.4 is 16.0 Å². The molecule has 2 aliphatic heterocycles. The van der Waals surface area contributed by atoms with E-state index in [1.54, 1.807) is 6.92 Å². The molecule has 163 valence electrons. The average molecular weight is 439 g/mol. The number of anilines is 1. The first-order valence-electron chi connectivity index (χ1n) is 8.90.